The minimum Gasteiger partial charge on any atom is -0.255 e. The van der Waals surface area contributed by atoms with Gasteiger partial charge in [0.25, 0.3) is 0 Å². The van der Waals surface area contributed by atoms with Crippen molar-refractivity contribution < 1.29 is 0 Å². The first-order valence-electron chi connectivity index (χ1n) is 14.6. The molecular weight excluding hydrogens is 536 g/mol. The zero-order valence-electron chi connectivity index (χ0n) is 23.8. The van der Waals surface area contributed by atoms with Gasteiger partial charge in [0, 0.05) is 35.9 Å². The first-order valence-corrected chi connectivity index (χ1v) is 14.6. The molecule has 0 amide bonds. The van der Waals surface area contributed by atoms with E-state index in [9.17, 15) is 0 Å². The van der Waals surface area contributed by atoms with E-state index in [-0.39, 0.29) is 0 Å². The Morgan fingerprint density at radius 1 is 0.318 bits per heavy atom. The van der Waals surface area contributed by atoms with Crippen LogP contribution in [0.2, 0.25) is 0 Å². The molecule has 0 unspecified atom stereocenters. The van der Waals surface area contributed by atoms with Crippen molar-refractivity contribution in [3.8, 4) is 56.2 Å². The SMILES string of the molecule is c1ccc(-c2ccc3c(-c4cccnc4-c4ccccn4)c4ccccc4c(-c4cccnc4-c4ccccn4)c3c2)cc1. The van der Waals surface area contributed by atoms with Crippen LogP contribution in [0.4, 0.5) is 0 Å². The monoisotopic (exact) mass is 562 g/mol. The lowest BCUT2D eigenvalue weighted by atomic mass is 9.83. The van der Waals surface area contributed by atoms with Gasteiger partial charge < -0.3 is 0 Å². The van der Waals surface area contributed by atoms with Gasteiger partial charge >= 0.3 is 0 Å². The largest absolute Gasteiger partial charge is 0.255 e. The molecule has 44 heavy (non-hydrogen) atoms. The number of benzene rings is 4. The minimum absolute atomic E-state index is 0.841. The maximum Gasteiger partial charge on any atom is 0.0964 e. The summed E-state index contributed by atoms with van der Waals surface area (Å²) in [5, 5.41) is 4.56. The van der Waals surface area contributed by atoms with Crippen molar-refractivity contribution in [1.29, 1.82) is 0 Å². The second-order valence-corrected chi connectivity index (χ2v) is 10.7. The molecule has 0 saturated carbocycles. The molecule has 4 nitrogen and oxygen atoms in total. The summed E-state index contributed by atoms with van der Waals surface area (Å²) >= 11 is 0. The number of hydrogen-bond donors (Lipinski definition) is 0. The van der Waals surface area contributed by atoms with Crippen LogP contribution in [0.1, 0.15) is 0 Å². The van der Waals surface area contributed by atoms with Crippen LogP contribution in [0.15, 0.2) is 158 Å². The Morgan fingerprint density at radius 2 is 0.818 bits per heavy atom. The number of pyridine rings is 4. The first kappa shape index (κ1) is 25.7. The Labute approximate surface area is 255 Å². The van der Waals surface area contributed by atoms with E-state index in [1.807, 2.05) is 73.3 Å². The predicted octanol–water partition coefficient (Wildman–Crippen LogP) is 9.91. The van der Waals surface area contributed by atoms with E-state index in [0.29, 0.717) is 0 Å². The molecule has 4 aromatic carbocycles. The van der Waals surface area contributed by atoms with Gasteiger partial charge in [-0.25, -0.2) is 0 Å². The first-order chi connectivity index (χ1) is 21.9. The molecule has 0 saturated heterocycles. The molecule has 0 bridgehead atoms. The molecule has 0 N–H and O–H groups in total. The fraction of sp³-hybridized carbons (Fsp3) is 0. The molecule has 206 valence electrons. The topological polar surface area (TPSA) is 51.6 Å². The lowest BCUT2D eigenvalue weighted by molar-refractivity contribution is 1.25. The van der Waals surface area contributed by atoms with Crippen LogP contribution in [0.25, 0.3) is 77.7 Å². The van der Waals surface area contributed by atoms with Gasteiger partial charge in [-0.3, -0.25) is 19.9 Å². The maximum atomic E-state index is 4.87. The third-order valence-electron chi connectivity index (χ3n) is 8.10. The van der Waals surface area contributed by atoms with Crippen molar-refractivity contribution in [2.75, 3.05) is 0 Å². The summed E-state index contributed by atoms with van der Waals surface area (Å²) in [5.41, 5.74) is 10.1. The molecule has 4 aromatic heterocycles. The summed E-state index contributed by atoms with van der Waals surface area (Å²) in [4.78, 5) is 19.1. The van der Waals surface area contributed by atoms with Gasteiger partial charge in [-0.05, 0) is 86.3 Å². The van der Waals surface area contributed by atoms with Crippen molar-refractivity contribution in [2.24, 2.45) is 0 Å². The van der Waals surface area contributed by atoms with Crippen molar-refractivity contribution in [3.05, 3.63) is 158 Å². The van der Waals surface area contributed by atoms with Gasteiger partial charge in [-0.2, -0.15) is 0 Å². The highest BCUT2D eigenvalue weighted by atomic mass is 14.8. The molecule has 4 heteroatoms. The summed E-state index contributed by atoms with van der Waals surface area (Å²) in [6, 6.07) is 46.3. The van der Waals surface area contributed by atoms with Crippen LogP contribution < -0.4 is 0 Å². The van der Waals surface area contributed by atoms with Crippen molar-refractivity contribution >= 4 is 21.5 Å². The van der Waals surface area contributed by atoms with Crippen LogP contribution in [0.3, 0.4) is 0 Å². The molecule has 8 rings (SSSR count). The van der Waals surface area contributed by atoms with E-state index in [0.717, 1.165) is 72.1 Å². The van der Waals surface area contributed by atoms with Gasteiger partial charge in [-0.15, -0.1) is 0 Å². The zero-order chi connectivity index (χ0) is 29.3. The van der Waals surface area contributed by atoms with Gasteiger partial charge in [0.15, 0.2) is 0 Å². The average molecular weight is 563 g/mol. The highest BCUT2D eigenvalue weighted by molar-refractivity contribution is 6.23. The molecule has 8 aromatic rings. The highest BCUT2D eigenvalue weighted by Crippen LogP contribution is 2.47. The van der Waals surface area contributed by atoms with Crippen LogP contribution in [0, 0.1) is 0 Å². The van der Waals surface area contributed by atoms with Crippen molar-refractivity contribution in [2.45, 2.75) is 0 Å². The molecule has 0 aliphatic heterocycles. The molecule has 0 aliphatic rings. The van der Waals surface area contributed by atoms with Gasteiger partial charge in [-0.1, -0.05) is 91.0 Å². The summed E-state index contributed by atoms with van der Waals surface area (Å²) in [5.74, 6) is 0. The molecule has 0 atom stereocenters. The van der Waals surface area contributed by atoms with E-state index in [4.69, 9.17) is 15.0 Å². The van der Waals surface area contributed by atoms with Crippen LogP contribution >= 0.6 is 0 Å². The summed E-state index contributed by atoms with van der Waals surface area (Å²) < 4.78 is 0. The number of rotatable bonds is 5. The fourth-order valence-electron chi connectivity index (χ4n) is 6.20. The minimum atomic E-state index is 0.841. The van der Waals surface area contributed by atoms with Crippen LogP contribution in [-0.2, 0) is 0 Å². The number of aromatic nitrogens is 4. The Morgan fingerprint density at radius 3 is 1.39 bits per heavy atom. The third kappa shape index (κ3) is 4.41. The average Bonchev–Trinajstić information content (AvgIpc) is 3.11. The van der Waals surface area contributed by atoms with Gasteiger partial charge in [0.2, 0.25) is 0 Å². The second kappa shape index (κ2) is 11.0. The molecular formula is C40H26N4. The quantitative estimate of drug-likeness (QED) is 0.196. The summed E-state index contributed by atoms with van der Waals surface area (Å²) in [6.07, 6.45) is 7.33. The Bertz CT molecular complexity index is 2260. The van der Waals surface area contributed by atoms with E-state index >= 15 is 0 Å². The second-order valence-electron chi connectivity index (χ2n) is 10.7. The van der Waals surface area contributed by atoms with Gasteiger partial charge in [0.05, 0.1) is 22.8 Å². The highest BCUT2D eigenvalue weighted by Gasteiger charge is 2.22. The van der Waals surface area contributed by atoms with E-state index in [1.54, 1.807) is 0 Å². The van der Waals surface area contributed by atoms with Crippen molar-refractivity contribution in [1.82, 2.24) is 19.9 Å². The smallest absolute Gasteiger partial charge is 0.0964 e. The maximum absolute atomic E-state index is 4.87. The molecule has 0 spiro atoms. The third-order valence-corrected chi connectivity index (χ3v) is 8.10. The summed E-state index contributed by atoms with van der Waals surface area (Å²) in [7, 11) is 0. The van der Waals surface area contributed by atoms with E-state index < -0.39 is 0 Å². The zero-order valence-corrected chi connectivity index (χ0v) is 23.8. The standard InChI is InChI=1S/C40H26N4/c1-2-12-27(13-3-1)28-20-21-31-34(26-28)38(33-17-11-25-44-40(33)36-19-7-9-23-42-36)30-15-5-4-14-29(30)37(31)32-16-10-24-43-39(32)35-18-6-8-22-41-35/h1-26H. The Hall–Kier alpha value is -6.00. The van der Waals surface area contributed by atoms with E-state index in [1.165, 1.54) is 5.56 Å². The van der Waals surface area contributed by atoms with Gasteiger partial charge in [0.1, 0.15) is 0 Å². The molecule has 0 aliphatic carbocycles. The fourth-order valence-corrected chi connectivity index (χ4v) is 6.20. The number of nitrogens with zero attached hydrogens (tertiary/aromatic N) is 4. The Balaban J connectivity index is 1.53. The number of fused-ring (bicyclic) bond motifs is 2. The van der Waals surface area contributed by atoms with Crippen LogP contribution in [-0.4, -0.2) is 19.9 Å². The lowest BCUT2D eigenvalue weighted by Crippen LogP contribution is -1.97. The molecule has 0 radical (unpaired) electrons. The predicted molar refractivity (Wildman–Crippen MR) is 180 cm³/mol. The van der Waals surface area contributed by atoms with E-state index in [2.05, 4.69) is 89.9 Å². The van der Waals surface area contributed by atoms with Crippen molar-refractivity contribution in [3.63, 3.8) is 0 Å². The summed E-state index contributed by atoms with van der Waals surface area (Å²) in [6.45, 7) is 0. The van der Waals surface area contributed by atoms with Crippen LogP contribution in [0.5, 0.6) is 0 Å². The molecule has 4 heterocycles. The lowest BCUT2D eigenvalue weighted by Gasteiger charge is -2.20. The number of hydrogen-bond acceptors (Lipinski definition) is 4. The molecule has 0 fully saturated rings. The Kier molecular flexibility index (Phi) is 6.43. The normalized spacial score (nSPS) is 11.2.